The van der Waals surface area contributed by atoms with Gasteiger partial charge in [0.25, 0.3) is 0 Å². The van der Waals surface area contributed by atoms with Crippen molar-refractivity contribution in [2.24, 2.45) is 5.41 Å². The molecule has 2 N–H and O–H groups in total. The van der Waals surface area contributed by atoms with E-state index in [1.54, 1.807) is 14.2 Å². The minimum Gasteiger partial charge on any atom is -0.493 e. The van der Waals surface area contributed by atoms with Crippen molar-refractivity contribution in [1.29, 1.82) is 0 Å². The Morgan fingerprint density at radius 1 is 1.14 bits per heavy atom. The van der Waals surface area contributed by atoms with E-state index in [0.717, 1.165) is 35.2 Å². The zero-order valence-corrected chi connectivity index (χ0v) is 14.9. The van der Waals surface area contributed by atoms with Gasteiger partial charge in [-0.25, -0.2) is 0 Å². The number of nitrogens with one attached hydrogen (secondary N) is 1. The van der Waals surface area contributed by atoms with Crippen LogP contribution in [-0.4, -0.2) is 32.5 Å². The van der Waals surface area contributed by atoms with Crippen LogP contribution in [-0.2, 0) is 6.54 Å². The van der Waals surface area contributed by atoms with Gasteiger partial charge in [-0.15, -0.1) is 0 Å². The van der Waals surface area contributed by atoms with Gasteiger partial charge in [-0.3, -0.25) is 0 Å². The first-order valence-corrected chi connectivity index (χ1v) is 8.07. The van der Waals surface area contributed by atoms with E-state index in [1.807, 2.05) is 12.1 Å². The summed E-state index contributed by atoms with van der Waals surface area (Å²) < 4.78 is 11.6. The third-order valence-electron chi connectivity index (χ3n) is 4.20. The van der Waals surface area contributed by atoms with E-state index >= 15 is 0 Å². The van der Waals surface area contributed by atoms with Crippen molar-refractivity contribution in [3.63, 3.8) is 0 Å². The van der Waals surface area contributed by atoms with Gasteiger partial charge in [0.05, 0.1) is 14.2 Å². The summed E-state index contributed by atoms with van der Waals surface area (Å²) in [6.45, 7) is 5.95. The van der Waals surface area contributed by atoms with E-state index in [0.29, 0.717) is 12.3 Å². The summed E-state index contributed by atoms with van der Waals surface area (Å²) >= 11 is 3.56. The van der Waals surface area contributed by atoms with Crippen molar-refractivity contribution in [3.8, 4) is 11.5 Å². The molecule has 4 nitrogen and oxygen atoms in total. The highest BCUT2D eigenvalue weighted by Gasteiger charge is 2.24. The molecule has 0 saturated heterocycles. The van der Waals surface area contributed by atoms with Gasteiger partial charge < -0.3 is 19.9 Å². The Labute approximate surface area is 136 Å². The average Bonchev–Trinajstić information content (AvgIpc) is 2.53. The van der Waals surface area contributed by atoms with Crippen molar-refractivity contribution in [3.05, 3.63) is 22.2 Å². The van der Waals surface area contributed by atoms with E-state index in [2.05, 4.69) is 35.1 Å². The number of halogens is 1. The summed E-state index contributed by atoms with van der Waals surface area (Å²) in [6.07, 6.45) is 1.92. The highest BCUT2D eigenvalue weighted by atomic mass is 79.9. The first kappa shape index (κ1) is 18.3. The van der Waals surface area contributed by atoms with Gasteiger partial charge in [0.2, 0.25) is 0 Å². The summed E-state index contributed by atoms with van der Waals surface area (Å²) in [7, 11) is 3.26. The fourth-order valence-electron chi connectivity index (χ4n) is 2.27. The molecule has 120 valence electrons. The topological polar surface area (TPSA) is 50.7 Å². The summed E-state index contributed by atoms with van der Waals surface area (Å²) in [5.41, 5.74) is 1.06. The molecule has 0 spiro atoms. The Morgan fingerprint density at radius 2 is 1.71 bits per heavy atom. The first-order valence-electron chi connectivity index (χ1n) is 7.27. The summed E-state index contributed by atoms with van der Waals surface area (Å²) in [5.74, 6) is 1.43. The van der Waals surface area contributed by atoms with E-state index in [-0.39, 0.29) is 12.0 Å². The van der Waals surface area contributed by atoms with Crippen LogP contribution in [0.1, 0.15) is 32.3 Å². The van der Waals surface area contributed by atoms with Crippen LogP contribution in [0.5, 0.6) is 11.5 Å². The molecule has 0 atom stereocenters. The molecule has 0 aliphatic carbocycles. The van der Waals surface area contributed by atoms with E-state index < -0.39 is 0 Å². The van der Waals surface area contributed by atoms with Crippen LogP contribution in [0.25, 0.3) is 0 Å². The SMILES string of the molecule is CCC(CC)(CO)CNCc1cc(OC)c(OC)cc1Br. The van der Waals surface area contributed by atoms with Gasteiger partial charge in [0, 0.05) is 29.6 Å². The third kappa shape index (κ3) is 4.59. The second kappa shape index (κ2) is 8.61. The third-order valence-corrected chi connectivity index (χ3v) is 4.94. The summed E-state index contributed by atoms with van der Waals surface area (Å²) in [6, 6.07) is 3.88. The van der Waals surface area contributed by atoms with Gasteiger partial charge in [0.15, 0.2) is 11.5 Å². The van der Waals surface area contributed by atoms with Crippen LogP contribution in [0.4, 0.5) is 0 Å². The lowest BCUT2D eigenvalue weighted by Crippen LogP contribution is -2.36. The predicted octanol–water partition coefficient (Wildman–Crippen LogP) is 3.35. The van der Waals surface area contributed by atoms with Gasteiger partial charge in [-0.1, -0.05) is 29.8 Å². The molecule has 0 aromatic heterocycles. The number of methoxy groups -OCH3 is 2. The van der Waals surface area contributed by atoms with Crippen molar-refractivity contribution >= 4 is 15.9 Å². The quantitative estimate of drug-likeness (QED) is 0.709. The van der Waals surface area contributed by atoms with Crippen molar-refractivity contribution < 1.29 is 14.6 Å². The molecule has 0 amide bonds. The summed E-state index contributed by atoms with van der Waals surface area (Å²) in [5, 5.41) is 13.0. The highest BCUT2D eigenvalue weighted by Crippen LogP contribution is 2.33. The second-order valence-electron chi connectivity index (χ2n) is 5.27. The molecule has 1 aromatic carbocycles. The van der Waals surface area contributed by atoms with Crippen LogP contribution < -0.4 is 14.8 Å². The molecule has 1 aromatic rings. The molecule has 0 radical (unpaired) electrons. The van der Waals surface area contributed by atoms with Crippen LogP contribution >= 0.6 is 15.9 Å². The molecule has 0 aliphatic heterocycles. The minimum atomic E-state index is -0.0387. The molecule has 0 fully saturated rings. The highest BCUT2D eigenvalue weighted by molar-refractivity contribution is 9.10. The number of aliphatic hydroxyl groups is 1. The van der Waals surface area contributed by atoms with Crippen LogP contribution in [0, 0.1) is 5.41 Å². The predicted molar refractivity (Wildman–Crippen MR) is 89.1 cm³/mol. The average molecular weight is 360 g/mol. The molecule has 0 unspecified atom stereocenters. The standard InChI is InChI=1S/C16H26BrNO3/c1-5-16(6-2,11-19)10-18-9-12-7-14(20-3)15(21-4)8-13(12)17/h7-8,18-19H,5-6,9-11H2,1-4H3. The lowest BCUT2D eigenvalue weighted by atomic mass is 9.83. The first-order chi connectivity index (χ1) is 10.1. The van der Waals surface area contributed by atoms with Gasteiger partial charge in [0.1, 0.15) is 0 Å². The fraction of sp³-hybridized carbons (Fsp3) is 0.625. The number of ether oxygens (including phenoxy) is 2. The van der Waals surface area contributed by atoms with Gasteiger partial charge >= 0.3 is 0 Å². The van der Waals surface area contributed by atoms with Crippen molar-refractivity contribution in [1.82, 2.24) is 5.32 Å². The maximum absolute atomic E-state index is 9.59. The normalized spacial score (nSPS) is 11.5. The molecular weight excluding hydrogens is 334 g/mol. The minimum absolute atomic E-state index is 0.0387. The number of hydrogen-bond acceptors (Lipinski definition) is 4. The number of aliphatic hydroxyl groups excluding tert-OH is 1. The van der Waals surface area contributed by atoms with Crippen molar-refractivity contribution in [2.75, 3.05) is 27.4 Å². The Balaban J connectivity index is 2.76. The molecule has 5 heteroatoms. The molecule has 1 rings (SSSR count). The Morgan fingerprint density at radius 3 is 2.19 bits per heavy atom. The monoisotopic (exact) mass is 359 g/mol. The van der Waals surface area contributed by atoms with E-state index in [1.165, 1.54) is 0 Å². The molecule has 21 heavy (non-hydrogen) atoms. The molecular formula is C16H26BrNO3. The number of rotatable bonds is 9. The maximum atomic E-state index is 9.59. The Bertz CT molecular complexity index is 439. The summed E-state index contributed by atoms with van der Waals surface area (Å²) in [4.78, 5) is 0. The number of benzene rings is 1. The van der Waals surface area contributed by atoms with E-state index in [4.69, 9.17) is 9.47 Å². The lowest BCUT2D eigenvalue weighted by molar-refractivity contribution is 0.113. The maximum Gasteiger partial charge on any atom is 0.161 e. The molecule has 0 heterocycles. The number of hydrogen-bond donors (Lipinski definition) is 2. The molecule has 0 aliphatic rings. The second-order valence-corrected chi connectivity index (χ2v) is 6.12. The van der Waals surface area contributed by atoms with E-state index in [9.17, 15) is 5.11 Å². The van der Waals surface area contributed by atoms with Crippen LogP contribution in [0.3, 0.4) is 0 Å². The van der Waals surface area contributed by atoms with Gasteiger partial charge in [-0.05, 0) is 30.5 Å². The van der Waals surface area contributed by atoms with Crippen LogP contribution in [0.2, 0.25) is 0 Å². The van der Waals surface area contributed by atoms with Crippen LogP contribution in [0.15, 0.2) is 16.6 Å². The largest absolute Gasteiger partial charge is 0.493 e. The fourth-order valence-corrected chi connectivity index (χ4v) is 2.74. The zero-order valence-electron chi connectivity index (χ0n) is 13.3. The molecule has 0 bridgehead atoms. The van der Waals surface area contributed by atoms with Gasteiger partial charge in [-0.2, -0.15) is 0 Å². The molecule has 0 saturated carbocycles. The zero-order chi connectivity index (χ0) is 15.9. The Hall–Kier alpha value is -0.780. The Kier molecular flexibility index (Phi) is 7.49. The van der Waals surface area contributed by atoms with Crippen molar-refractivity contribution in [2.45, 2.75) is 33.2 Å². The smallest absolute Gasteiger partial charge is 0.161 e. The lowest BCUT2D eigenvalue weighted by Gasteiger charge is -2.29.